The van der Waals surface area contributed by atoms with E-state index >= 15 is 0 Å². The van der Waals surface area contributed by atoms with Gasteiger partial charge in [-0.05, 0) is 24.3 Å². The molecule has 180 valence electrons. The number of amides is 1. The zero-order valence-electron chi connectivity index (χ0n) is 17.9. The van der Waals surface area contributed by atoms with Gasteiger partial charge in [0.05, 0.1) is 29.1 Å². The first-order valence-corrected chi connectivity index (χ1v) is 11.5. The van der Waals surface area contributed by atoms with Gasteiger partial charge < -0.3 is 19.7 Å². The predicted molar refractivity (Wildman–Crippen MR) is 112 cm³/mol. The van der Waals surface area contributed by atoms with E-state index in [2.05, 4.69) is 10.3 Å². The maximum atomic E-state index is 14.3. The van der Waals surface area contributed by atoms with Gasteiger partial charge in [0.15, 0.2) is 11.6 Å². The summed E-state index contributed by atoms with van der Waals surface area (Å²) in [7, 11) is -1.01. The third-order valence-electron chi connectivity index (χ3n) is 5.40. The van der Waals surface area contributed by atoms with E-state index in [0.717, 1.165) is 32.6 Å². The molecule has 0 unspecified atom stereocenters. The van der Waals surface area contributed by atoms with E-state index in [-0.39, 0.29) is 16.4 Å². The molecular formula is C20H22F4N4O4S. The first kappa shape index (κ1) is 24.7. The van der Waals surface area contributed by atoms with Crippen LogP contribution in [-0.2, 0) is 19.3 Å². The fourth-order valence-corrected chi connectivity index (χ4v) is 4.26. The first-order valence-electron chi connectivity index (χ1n) is 9.56. The number of anilines is 2. The summed E-state index contributed by atoms with van der Waals surface area (Å²) in [6.45, 7) is -0.502. The molecule has 1 saturated heterocycles. The second kappa shape index (κ2) is 9.14. The molecule has 1 aliphatic rings. The smallest absolute Gasteiger partial charge is 0.268 e. The molecule has 13 heteroatoms. The van der Waals surface area contributed by atoms with E-state index < -0.39 is 64.1 Å². The van der Waals surface area contributed by atoms with Crippen molar-refractivity contribution in [3.63, 3.8) is 0 Å². The van der Waals surface area contributed by atoms with E-state index in [0.29, 0.717) is 0 Å². The van der Waals surface area contributed by atoms with Crippen LogP contribution in [0, 0.1) is 16.4 Å². The zero-order valence-corrected chi connectivity index (χ0v) is 18.7. The Balaban J connectivity index is 2.02. The van der Waals surface area contributed by atoms with Gasteiger partial charge in [-0.1, -0.05) is 0 Å². The molecule has 0 saturated carbocycles. The lowest BCUT2D eigenvalue weighted by Crippen LogP contribution is -2.42. The summed E-state index contributed by atoms with van der Waals surface area (Å²) >= 11 is 0. The minimum atomic E-state index is -3.17. The number of nitrogens with zero attached hydrogens (tertiary/aromatic N) is 2. The van der Waals surface area contributed by atoms with Crippen molar-refractivity contribution in [1.82, 2.24) is 4.98 Å². The number of pyridine rings is 1. The van der Waals surface area contributed by atoms with Crippen LogP contribution in [0.25, 0.3) is 0 Å². The second-order valence-corrected chi connectivity index (χ2v) is 9.65. The summed E-state index contributed by atoms with van der Waals surface area (Å²) in [6.07, 6.45) is -1.05. The number of hydrogen-bond acceptors (Lipinski definition) is 7. The lowest BCUT2D eigenvalue weighted by molar-refractivity contribution is -0.122. The second-order valence-electron chi connectivity index (χ2n) is 7.55. The molecule has 2 heterocycles. The van der Waals surface area contributed by atoms with Gasteiger partial charge in [-0.15, -0.1) is 0 Å². The van der Waals surface area contributed by atoms with Crippen LogP contribution in [0.4, 0.5) is 28.9 Å². The van der Waals surface area contributed by atoms with Gasteiger partial charge in [-0.3, -0.25) is 4.79 Å². The van der Waals surface area contributed by atoms with Crippen LogP contribution in [0.3, 0.4) is 0 Å². The molecular weight excluding hydrogens is 468 g/mol. The molecule has 8 nitrogen and oxygen atoms in total. The Labute approximate surface area is 187 Å². The van der Waals surface area contributed by atoms with Crippen molar-refractivity contribution in [2.45, 2.75) is 29.5 Å². The van der Waals surface area contributed by atoms with Crippen LogP contribution in [0.5, 0.6) is 5.75 Å². The van der Waals surface area contributed by atoms with Gasteiger partial charge in [0.2, 0.25) is 11.7 Å². The number of rotatable bonds is 7. The fourth-order valence-electron chi connectivity index (χ4n) is 3.65. The highest BCUT2D eigenvalue weighted by molar-refractivity contribution is 7.91. The monoisotopic (exact) mass is 490 g/mol. The van der Waals surface area contributed by atoms with Crippen molar-refractivity contribution >= 4 is 27.0 Å². The topological polar surface area (TPSA) is 105 Å². The van der Waals surface area contributed by atoms with E-state index in [1.807, 2.05) is 0 Å². The van der Waals surface area contributed by atoms with Crippen LogP contribution in [-0.4, -0.2) is 60.2 Å². The van der Waals surface area contributed by atoms with E-state index in [4.69, 9.17) is 14.3 Å². The van der Waals surface area contributed by atoms with Gasteiger partial charge >= 0.3 is 0 Å². The molecule has 1 aromatic carbocycles. The Morgan fingerprint density at radius 3 is 2.61 bits per heavy atom. The zero-order chi connectivity index (χ0) is 24.6. The summed E-state index contributed by atoms with van der Waals surface area (Å²) in [5.74, 6) is -3.83. The average molecular weight is 490 g/mol. The van der Waals surface area contributed by atoms with Crippen molar-refractivity contribution in [2.75, 3.05) is 37.2 Å². The van der Waals surface area contributed by atoms with Crippen LogP contribution in [0.2, 0.25) is 0 Å². The summed E-state index contributed by atoms with van der Waals surface area (Å²) in [5, 5.41) is 2.44. The summed E-state index contributed by atoms with van der Waals surface area (Å²) in [5.41, 5.74) is -2.02. The third kappa shape index (κ3) is 4.74. The SMILES string of the molecule is COc1c(N2C[C@@](OC)(C(F)F)C[C@H]2C(=O)Nc2ccnc([S@](C)(=N)=O)c2)ccc(F)c1F. The highest BCUT2D eigenvalue weighted by atomic mass is 32.2. The van der Waals surface area contributed by atoms with Crippen molar-refractivity contribution in [3.05, 3.63) is 42.1 Å². The number of hydrogen-bond donors (Lipinski definition) is 2. The number of carbonyl (C=O) groups excluding carboxylic acids is 1. The maximum absolute atomic E-state index is 14.3. The lowest BCUT2D eigenvalue weighted by Gasteiger charge is -2.29. The summed E-state index contributed by atoms with van der Waals surface area (Å²) < 4.78 is 85.6. The van der Waals surface area contributed by atoms with Crippen LogP contribution < -0.4 is 15.0 Å². The number of halogens is 4. The molecule has 2 N–H and O–H groups in total. The van der Waals surface area contributed by atoms with E-state index in [9.17, 15) is 26.6 Å². The fraction of sp³-hybridized carbons (Fsp3) is 0.400. The minimum Gasteiger partial charge on any atom is -0.491 e. The van der Waals surface area contributed by atoms with Crippen LogP contribution in [0.15, 0.2) is 35.5 Å². The number of aromatic nitrogens is 1. The summed E-state index contributed by atoms with van der Waals surface area (Å²) in [4.78, 5) is 18.1. The standard InChI is InChI=1S/C20H22F4N4O4S/c1-31-17-13(5-4-12(21)16(17)22)28-10-20(32-2,19(23)24)9-14(28)18(29)27-11-6-7-26-15(8-11)33(3,25)30/h4-8,14,19,25H,9-10H2,1-3H3,(H,26,27,29)/t14-,20+,33+/m0/s1. The number of nitrogens with one attached hydrogen (secondary N) is 2. The Kier molecular flexibility index (Phi) is 6.84. The Bertz CT molecular complexity index is 1160. The molecule has 3 atom stereocenters. The van der Waals surface area contributed by atoms with Crippen molar-refractivity contribution in [2.24, 2.45) is 0 Å². The number of methoxy groups -OCH3 is 2. The molecule has 2 aromatic rings. The number of carbonyl (C=O) groups is 1. The Hall–Kier alpha value is -2.93. The maximum Gasteiger partial charge on any atom is 0.268 e. The van der Waals surface area contributed by atoms with Crippen LogP contribution >= 0.6 is 0 Å². The van der Waals surface area contributed by atoms with E-state index in [1.54, 1.807) is 0 Å². The highest BCUT2D eigenvalue weighted by Gasteiger charge is 2.53. The Morgan fingerprint density at radius 2 is 2.03 bits per heavy atom. The van der Waals surface area contributed by atoms with Gasteiger partial charge in [-0.2, -0.15) is 4.39 Å². The third-order valence-corrected chi connectivity index (χ3v) is 6.43. The molecule has 1 fully saturated rings. The van der Waals surface area contributed by atoms with Gasteiger partial charge in [0.25, 0.3) is 6.43 Å². The highest BCUT2D eigenvalue weighted by Crippen LogP contribution is 2.42. The number of benzene rings is 1. The molecule has 0 spiro atoms. The predicted octanol–water partition coefficient (Wildman–Crippen LogP) is 3.27. The van der Waals surface area contributed by atoms with Gasteiger partial charge in [-0.25, -0.2) is 27.1 Å². The van der Waals surface area contributed by atoms with Crippen LogP contribution in [0.1, 0.15) is 6.42 Å². The molecule has 0 radical (unpaired) electrons. The van der Waals surface area contributed by atoms with E-state index in [1.165, 1.54) is 23.2 Å². The minimum absolute atomic E-state index is 0.0790. The molecule has 33 heavy (non-hydrogen) atoms. The Morgan fingerprint density at radius 1 is 1.33 bits per heavy atom. The quantitative estimate of drug-likeness (QED) is 0.578. The largest absolute Gasteiger partial charge is 0.491 e. The van der Waals surface area contributed by atoms with Crippen molar-refractivity contribution < 1.29 is 36.0 Å². The molecule has 1 aromatic heterocycles. The van der Waals surface area contributed by atoms with Gasteiger partial charge in [0, 0.05) is 31.7 Å². The molecule has 0 aliphatic carbocycles. The molecule has 3 rings (SSSR count). The number of alkyl halides is 2. The summed E-state index contributed by atoms with van der Waals surface area (Å²) in [6, 6.07) is 3.27. The first-order chi connectivity index (χ1) is 15.4. The van der Waals surface area contributed by atoms with Crippen molar-refractivity contribution in [1.29, 1.82) is 4.78 Å². The average Bonchev–Trinajstić information content (AvgIpc) is 3.16. The van der Waals surface area contributed by atoms with Crippen molar-refractivity contribution in [3.8, 4) is 5.75 Å². The molecule has 1 amide bonds. The van der Waals surface area contributed by atoms with Gasteiger partial charge in [0.1, 0.15) is 16.7 Å². The normalized spacial score (nSPS) is 22.3. The number of ether oxygens (including phenoxy) is 2. The molecule has 0 bridgehead atoms. The lowest BCUT2D eigenvalue weighted by atomic mass is 10.00. The molecule has 1 aliphatic heterocycles.